The van der Waals surface area contributed by atoms with E-state index in [0.29, 0.717) is 6.42 Å². The lowest BCUT2D eigenvalue weighted by atomic mass is 10.0. The van der Waals surface area contributed by atoms with E-state index < -0.39 is 12.6 Å². The minimum Gasteiger partial charge on any atom is -0.353 e. The fourth-order valence-electron chi connectivity index (χ4n) is 3.27. The molecule has 150 valence electrons. The molecular weight excluding hydrogens is 329 g/mol. The summed E-state index contributed by atoms with van der Waals surface area (Å²) in [6.45, 7) is 1.68. The van der Waals surface area contributed by atoms with Gasteiger partial charge in [-0.3, -0.25) is 0 Å². The predicted octanol–water partition coefficient (Wildman–Crippen LogP) is 7.16. The largest absolute Gasteiger partial charge is 0.389 e. The SMILES string of the molecule is FC(F)(F)CCCCCCCCCCCCCCCOC1CCCO1. The molecule has 0 aromatic carbocycles. The fourth-order valence-corrected chi connectivity index (χ4v) is 3.27. The topological polar surface area (TPSA) is 18.5 Å². The second-order valence-corrected chi connectivity index (χ2v) is 7.27. The molecule has 1 aliphatic heterocycles. The summed E-state index contributed by atoms with van der Waals surface area (Å²) in [5.74, 6) is 0. The molecule has 0 amide bonds. The van der Waals surface area contributed by atoms with E-state index in [0.717, 1.165) is 51.7 Å². The van der Waals surface area contributed by atoms with Gasteiger partial charge < -0.3 is 9.47 Å². The van der Waals surface area contributed by atoms with Gasteiger partial charge in [0.25, 0.3) is 0 Å². The maximum atomic E-state index is 12.0. The van der Waals surface area contributed by atoms with Crippen LogP contribution in [0.15, 0.2) is 0 Å². The van der Waals surface area contributed by atoms with E-state index in [2.05, 4.69) is 0 Å². The molecule has 1 atom stereocenters. The molecule has 1 fully saturated rings. The standard InChI is InChI=1S/C20H37F3O2/c21-20(22,23)16-12-10-8-6-4-2-1-3-5-7-9-11-13-17-24-19-15-14-18-25-19/h19H,1-18H2. The van der Waals surface area contributed by atoms with E-state index in [4.69, 9.17) is 9.47 Å². The van der Waals surface area contributed by atoms with Crippen molar-refractivity contribution < 1.29 is 22.6 Å². The fraction of sp³-hybridized carbons (Fsp3) is 1.00. The van der Waals surface area contributed by atoms with Crippen LogP contribution in [0.4, 0.5) is 13.2 Å². The lowest BCUT2D eigenvalue weighted by Gasteiger charge is -2.10. The van der Waals surface area contributed by atoms with E-state index in [1.807, 2.05) is 0 Å². The average molecular weight is 367 g/mol. The summed E-state index contributed by atoms with van der Waals surface area (Å²) >= 11 is 0. The molecular formula is C20H37F3O2. The Morgan fingerprint density at radius 2 is 1.20 bits per heavy atom. The maximum Gasteiger partial charge on any atom is 0.389 e. The first-order valence-electron chi connectivity index (χ1n) is 10.4. The van der Waals surface area contributed by atoms with Gasteiger partial charge in [-0.05, 0) is 19.3 Å². The Bertz CT molecular complexity index is 289. The van der Waals surface area contributed by atoms with Gasteiger partial charge in [0.2, 0.25) is 0 Å². The molecule has 1 rings (SSSR count). The molecule has 1 unspecified atom stereocenters. The Morgan fingerprint density at radius 1 is 0.720 bits per heavy atom. The minimum atomic E-state index is -3.97. The van der Waals surface area contributed by atoms with Gasteiger partial charge in [0.05, 0.1) is 0 Å². The summed E-state index contributed by atoms with van der Waals surface area (Å²) < 4.78 is 47.0. The Morgan fingerprint density at radius 3 is 1.64 bits per heavy atom. The second kappa shape index (κ2) is 14.8. The minimum absolute atomic E-state index is 0.0599. The maximum absolute atomic E-state index is 12.0. The third-order valence-electron chi connectivity index (χ3n) is 4.80. The van der Waals surface area contributed by atoms with Crippen molar-refractivity contribution in [2.75, 3.05) is 13.2 Å². The molecule has 0 N–H and O–H groups in total. The number of rotatable bonds is 16. The molecule has 0 aromatic rings. The number of halogens is 3. The van der Waals surface area contributed by atoms with Gasteiger partial charge in [0.15, 0.2) is 6.29 Å². The number of alkyl halides is 3. The van der Waals surface area contributed by atoms with Crippen LogP contribution in [0.3, 0.4) is 0 Å². The van der Waals surface area contributed by atoms with Crippen molar-refractivity contribution in [3.63, 3.8) is 0 Å². The first kappa shape index (κ1) is 22.8. The molecule has 1 aliphatic rings. The zero-order valence-corrected chi connectivity index (χ0v) is 15.8. The van der Waals surface area contributed by atoms with Crippen molar-refractivity contribution in [3.8, 4) is 0 Å². The molecule has 5 heteroatoms. The molecule has 0 bridgehead atoms. The molecule has 0 spiro atoms. The Hall–Kier alpha value is -0.290. The van der Waals surface area contributed by atoms with Crippen LogP contribution in [0.2, 0.25) is 0 Å². The van der Waals surface area contributed by atoms with Gasteiger partial charge in [-0.2, -0.15) is 13.2 Å². The quantitative estimate of drug-likeness (QED) is 0.270. The molecule has 0 aliphatic carbocycles. The summed E-state index contributed by atoms with van der Waals surface area (Å²) in [4.78, 5) is 0. The van der Waals surface area contributed by atoms with Crippen LogP contribution in [-0.4, -0.2) is 25.7 Å². The van der Waals surface area contributed by atoms with Crippen LogP contribution in [0, 0.1) is 0 Å². The summed E-state index contributed by atoms with van der Waals surface area (Å²) in [6, 6.07) is 0. The van der Waals surface area contributed by atoms with Crippen molar-refractivity contribution in [1.82, 2.24) is 0 Å². The summed E-state index contributed by atoms with van der Waals surface area (Å²) in [5.41, 5.74) is 0. The first-order chi connectivity index (χ1) is 12.1. The van der Waals surface area contributed by atoms with Gasteiger partial charge in [-0.25, -0.2) is 0 Å². The normalized spacial score (nSPS) is 18.1. The number of hydrogen-bond acceptors (Lipinski definition) is 2. The van der Waals surface area contributed by atoms with Gasteiger partial charge in [0, 0.05) is 26.1 Å². The predicted molar refractivity (Wildman–Crippen MR) is 95.6 cm³/mol. The number of unbranched alkanes of at least 4 members (excludes halogenated alkanes) is 12. The highest BCUT2D eigenvalue weighted by atomic mass is 19.4. The van der Waals surface area contributed by atoms with Crippen molar-refractivity contribution in [1.29, 1.82) is 0 Å². The lowest BCUT2D eigenvalue weighted by Crippen LogP contribution is -2.11. The summed E-state index contributed by atoms with van der Waals surface area (Å²) in [5, 5.41) is 0. The highest BCUT2D eigenvalue weighted by Crippen LogP contribution is 2.23. The van der Waals surface area contributed by atoms with E-state index >= 15 is 0 Å². The average Bonchev–Trinajstić information content (AvgIpc) is 3.07. The van der Waals surface area contributed by atoms with Crippen LogP contribution in [-0.2, 0) is 9.47 Å². The molecule has 1 heterocycles. The van der Waals surface area contributed by atoms with Crippen LogP contribution < -0.4 is 0 Å². The molecule has 1 saturated heterocycles. The molecule has 0 radical (unpaired) electrons. The van der Waals surface area contributed by atoms with Crippen LogP contribution in [0.1, 0.15) is 103 Å². The summed E-state index contributed by atoms with van der Waals surface area (Å²) in [7, 11) is 0. The van der Waals surface area contributed by atoms with E-state index in [-0.39, 0.29) is 6.29 Å². The zero-order chi connectivity index (χ0) is 18.2. The smallest absolute Gasteiger partial charge is 0.353 e. The van der Waals surface area contributed by atoms with E-state index in [1.54, 1.807) is 0 Å². The highest BCUT2D eigenvalue weighted by Gasteiger charge is 2.25. The van der Waals surface area contributed by atoms with Gasteiger partial charge >= 0.3 is 6.18 Å². The zero-order valence-electron chi connectivity index (χ0n) is 15.8. The molecule has 0 aromatic heterocycles. The third kappa shape index (κ3) is 15.7. The van der Waals surface area contributed by atoms with Gasteiger partial charge in [0.1, 0.15) is 0 Å². The molecule has 2 nitrogen and oxygen atoms in total. The monoisotopic (exact) mass is 366 g/mol. The molecule has 25 heavy (non-hydrogen) atoms. The van der Waals surface area contributed by atoms with Crippen LogP contribution in [0.25, 0.3) is 0 Å². The van der Waals surface area contributed by atoms with Gasteiger partial charge in [-0.15, -0.1) is 0 Å². The summed E-state index contributed by atoms with van der Waals surface area (Å²) in [6.07, 6.45) is 11.9. The van der Waals surface area contributed by atoms with Crippen LogP contribution >= 0.6 is 0 Å². The van der Waals surface area contributed by atoms with E-state index in [1.165, 1.54) is 51.4 Å². The lowest BCUT2D eigenvalue weighted by molar-refractivity contribution is -0.135. The first-order valence-corrected chi connectivity index (χ1v) is 10.4. The van der Waals surface area contributed by atoms with Crippen molar-refractivity contribution >= 4 is 0 Å². The Balaban J connectivity index is 1.66. The van der Waals surface area contributed by atoms with Crippen LogP contribution in [0.5, 0.6) is 0 Å². The van der Waals surface area contributed by atoms with Crippen molar-refractivity contribution in [3.05, 3.63) is 0 Å². The Kier molecular flexibility index (Phi) is 13.5. The number of hydrogen-bond donors (Lipinski definition) is 0. The highest BCUT2D eigenvalue weighted by molar-refractivity contribution is 4.55. The second-order valence-electron chi connectivity index (χ2n) is 7.27. The molecule has 0 saturated carbocycles. The van der Waals surface area contributed by atoms with Gasteiger partial charge in [-0.1, -0.05) is 70.6 Å². The van der Waals surface area contributed by atoms with E-state index in [9.17, 15) is 13.2 Å². The Labute approximate surface area is 151 Å². The van der Waals surface area contributed by atoms with Crippen molar-refractivity contribution in [2.24, 2.45) is 0 Å². The van der Waals surface area contributed by atoms with Crippen molar-refractivity contribution in [2.45, 2.75) is 115 Å². The number of ether oxygens (including phenoxy) is 2. The third-order valence-corrected chi connectivity index (χ3v) is 4.80.